The molecular weight excluding hydrogens is 282 g/mol. The Morgan fingerprint density at radius 1 is 1.32 bits per heavy atom. The van der Waals surface area contributed by atoms with Crippen molar-refractivity contribution in [2.24, 2.45) is 11.7 Å². The first-order valence-corrected chi connectivity index (χ1v) is 7.47. The van der Waals surface area contributed by atoms with Crippen molar-refractivity contribution in [2.45, 2.75) is 32.0 Å². The van der Waals surface area contributed by atoms with Crippen LogP contribution in [-0.2, 0) is 10.3 Å². The number of benzene rings is 1. The molecule has 0 amide bonds. The number of rotatable bonds is 4. The molecule has 2 atom stereocenters. The van der Waals surface area contributed by atoms with E-state index in [2.05, 4.69) is 10.1 Å². The summed E-state index contributed by atoms with van der Waals surface area (Å²) >= 11 is 0. The molecule has 0 aliphatic carbocycles. The molecule has 1 aromatic carbocycles. The summed E-state index contributed by atoms with van der Waals surface area (Å²) in [4.78, 5) is 4.43. The molecule has 0 bridgehead atoms. The number of hydrogen-bond donors (Lipinski definition) is 2. The maximum atomic E-state index is 9.98. The molecule has 2 heterocycles. The van der Waals surface area contributed by atoms with Crippen LogP contribution in [0.15, 0.2) is 28.8 Å². The van der Waals surface area contributed by atoms with Crippen LogP contribution in [0, 0.1) is 5.92 Å². The summed E-state index contributed by atoms with van der Waals surface area (Å²) in [6, 6.07) is 7.47. The molecule has 0 unspecified atom stereocenters. The summed E-state index contributed by atoms with van der Waals surface area (Å²) in [5.41, 5.74) is 6.55. The average molecular weight is 303 g/mol. The third kappa shape index (κ3) is 2.90. The quantitative estimate of drug-likeness (QED) is 0.897. The van der Waals surface area contributed by atoms with E-state index in [0.29, 0.717) is 24.9 Å². The first-order chi connectivity index (χ1) is 10.5. The minimum atomic E-state index is -0.868. The van der Waals surface area contributed by atoms with Crippen LogP contribution >= 0.6 is 0 Å². The van der Waals surface area contributed by atoms with Gasteiger partial charge in [0, 0.05) is 18.1 Å². The standard InChI is InChI=1S/C16H21N3O3/c1-16(2,20)12-5-3-10(4-6-12)14-18-15(22-19-14)13-11(9-17)7-8-21-13/h3-6,11,13,20H,7-9,17H2,1-2H3/t11-,13-/m0/s1. The van der Waals surface area contributed by atoms with Crippen LogP contribution in [0.25, 0.3) is 11.4 Å². The van der Waals surface area contributed by atoms with E-state index < -0.39 is 5.60 Å². The van der Waals surface area contributed by atoms with E-state index >= 15 is 0 Å². The van der Waals surface area contributed by atoms with Crippen molar-refractivity contribution in [1.82, 2.24) is 10.1 Å². The van der Waals surface area contributed by atoms with Crippen LogP contribution in [0.1, 0.15) is 37.8 Å². The zero-order valence-electron chi connectivity index (χ0n) is 12.8. The van der Waals surface area contributed by atoms with Gasteiger partial charge in [-0.3, -0.25) is 0 Å². The number of nitrogens with zero attached hydrogens (tertiary/aromatic N) is 2. The highest BCUT2D eigenvalue weighted by molar-refractivity contribution is 5.55. The van der Waals surface area contributed by atoms with Crippen LogP contribution in [0.4, 0.5) is 0 Å². The Kier molecular flexibility index (Phi) is 3.99. The Morgan fingerprint density at radius 2 is 2.05 bits per heavy atom. The molecule has 0 saturated carbocycles. The summed E-state index contributed by atoms with van der Waals surface area (Å²) < 4.78 is 11.0. The van der Waals surface area contributed by atoms with Crippen LogP contribution in [-0.4, -0.2) is 28.4 Å². The van der Waals surface area contributed by atoms with Gasteiger partial charge in [-0.25, -0.2) is 0 Å². The fourth-order valence-corrected chi connectivity index (χ4v) is 2.64. The summed E-state index contributed by atoms with van der Waals surface area (Å²) in [7, 11) is 0. The van der Waals surface area contributed by atoms with E-state index in [1.807, 2.05) is 24.3 Å². The Morgan fingerprint density at radius 3 is 2.68 bits per heavy atom. The first-order valence-electron chi connectivity index (χ1n) is 7.47. The van der Waals surface area contributed by atoms with Crippen LogP contribution < -0.4 is 5.73 Å². The van der Waals surface area contributed by atoms with Crippen molar-refractivity contribution >= 4 is 0 Å². The van der Waals surface area contributed by atoms with E-state index in [-0.39, 0.29) is 12.0 Å². The lowest BCUT2D eigenvalue weighted by Gasteiger charge is -2.17. The average Bonchev–Trinajstić information content (AvgIpc) is 3.15. The molecule has 1 saturated heterocycles. The monoisotopic (exact) mass is 303 g/mol. The molecule has 2 aromatic rings. The number of hydrogen-bond acceptors (Lipinski definition) is 6. The summed E-state index contributed by atoms with van der Waals surface area (Å²) in [6.45, 7) is 4.71. The van der Waals surface area contributed by atoms with Gasteiger partial charge in [0.1, 0.15) is 6.10 Å². The molecule has 1 aliphatic rings. The van der Waals surface area contributed by atoms with Gasteiger partial charge in [0.05, 0.1) is 5.60 Å². The van der Waals surface area contributed by atoms with Crippen molar-refractivity contribution in [3.8, 4) is 11.4 Å². The van der Waals surface area contributed by atoms with E-state index in [1.165, 1.54) is 0 Å². The second kappa shape index (κ2) is 5.79. The van der Waals surface area contributed by atoms with Crippen molar-refractivity contribution in [1.29, 1.82) is 0 Å². The van der Waals surface area contributed by atoms with Crippen LogP contribution in [0.5, 0.6) is 0 Å². The molecule has 118 valence electrons. The van der Waals surface area contributed by atoms with Gasteiger partial charge in [-0.1, -0.05) is 29.4 Å². The lowest BCUT2D eigenvalue weighted by atomic mass is 9.97. The Balaban J connectivity index is 1.82. The predicted molar refractivity (Wildman–Crippen MR) is 80.8 cm³/mol. The van der Waals surface area contributed by atoms with Gasteiger partial charge in [0.15, 0.2) is 0 Å². The fraction of sp³-hybridized carbons (Fsp3) is 0.500. The number of ether oxygens (including phenoxy) is 1. The summed E-state index contributed by atoms with van der Waals surface area (Å²) in [5, 5.41) is 14.0. The molecule has 1 aliphatic heterocycles. The van der Waals surface area contributed by atoms with Gasteiger partial charge in [0.2, 0.25) is 5.82 Å². The highest BCUT2D eigenvalue weighted by Crippen LogP contribution is 2.33. The molecule has 6 heteroatoms. The number of nitrogens with two attached hydrogens (primary N) is 1. The Labute approximate surface area is 129 Å². The second-order valence-corrected chi connectivity index (χ2v) is 6.17. The van der Waals surface area contributed by atoms with Gasteiger partial charge in [0.25, 0.3) is 5.89 Å². The van der Waals surface area contributed by atoms with E-state index in [4.69, 9.17) is 15.0 Å². The Hall–Kier alpha value is -1.76. The van der Waals surface area contributed by atoms with Gasteiger partial charge >= 0.3 is 0 Å². The van der Waals surface area contributed by atoms with Gasteiger partial charge in [-0.15, -0.1) is 0 Å². The largest absolute Gasteiger partial charge is 0.386 e. The lowest BCUT2D eigenvalue weighted by molar-refractivity contribution is 0.0642. The third-order valence-corrected chi connectivity index (χ3v) is 4.05. The molecular formula is C16H21N3O3. The first kappa shape index (κ1) is 15.1. The molecule has 22 heavy (non-hydrogen) atoms. The molecule has 1 fully saturated rings. The molecule has 0 radical (unpaired) electrons. The van der Waals surface area contributed by atoms with Crippen LogP contribution in [0.2, 0.25) is 0 Å². The zero-order valence-corrected chi connectivity index (χ0v) is 12.8. The predicted octanol–water partition coefficient (Wildman–Crippen LogP) is 2.00. The van der Waals surface area contributed by atoms with Gasteiger partial charge in [-0.05, 0) is 32.4 Å². The number of aliphatic hydroxyl groups is 1. The van der Waals surface area contributed by atoms with E-state index in [1.54, 1.807) is 13.8 Å². The highest BCUT2D eigenvalue weighted by Gasteiger charge is 2.33. The topological polar surface area (TPSA) is 94.4 Å². The maximum Gasteiger partial charge on any atom is 0.256 e. The minimum Gasteiger partial charge on any atom is -0.386 e. The normalized spacial score (nSPS) is 22.2. The third-order valence-electron chi connectivity index (χ3n) is 4.05. The number of aromatic nitrogens is 2. The molecule has 0 spiro atoms. The van der Waals surface area contributed by atoms with Crippen molar-refractivity contribution in [3.63, 3.8) is 0 Å². The van der Waals surface area contributed by atoms with Crippen molar-refractivity contribution in [3.05, 3.63) is 35.7 Å². The van der Waals surface area contributed by atoms with Crippen molar-refractivity contribution < 1.29 is 14.4 Å². The molecule has 6 nitrogen and oxygen atoms in total. The van der Waals surface area contributed by atoms with Gasteiger partial charge in [-0.2, -0.15) is 4.98 Å². The lowest BCUT2D eigenvalue weighted by Crippen LogP contribution is -2.18. The molecule has 3 rings (SSSR count). The fourth-order valence-electron chi connectivity index (χ4n) is 2.64. The zero-order chi connectivity index (χ0) is 15.7. The second-order valence-electron chi connectivity index (χ2n) is 6.17. The minimum absolute atomic E-state index is 0.207. The smallest absolute Gasteiger partial charge is 0.256 e. The summed E-state index contributed by atoms with van der Waals surface area (Å²) in [6.07, 6.45) is 0.709. The maximum absolute atomic E-state index is 9.98. The van der Waals surface area contributed by atoms with E-state index in [0.717, 1.165) is 17.5 Å². The van der Waals surface area contributed by atoms with E-state index in [9.17, 15) is 5.11 Å². The molecule has 3 N–H and O–H groups in total. The van der Waals surface area contributed by atoms with Crippen molar-refractivity contribution in [2.75, 3.05) is 13.2 Å². The Bertz CT molecular complexity index is 631. The van der Waals surface area contributed by atoms with Gasteiger partial charge < -0.3 is 20.1 Å². The highest BCUT2D eigenvalue weighted by atomic mass is 16.5. The summed E-state index contributed by atoms with van der Waals surface area (Å²) in [5.74, 6) is 1.23. The SMILES string of the molecule is CC(C)(O)c1ccc(-c2noc([C@H]3OCC[C@H]3CN)n2)cc1. The van der Waals surface area contributed by atoms with Crippen LogP contribution in [0.3, 0.4) is 0 Å². The molecule has 1 aromatic heterocycles.